The first kappa shape index (κ1) is 18.0. The fourth-order valence-corrected chi connectivity index (χ4v) is 3.98. The van der Waals surface area contributed by atoms with Crippen molar-refractivity contribution in [3.8, 4) is 0 Å². The molecular weight excluding hydrogens is 358 g/mol. The standard InChI is InChI=1S/C18H24BrNO3/c1-18(2,14-5-3-4-6-15(14)19)11-20-16(21)12-7-9-13(10-8-12)17(22)23/h3-6,12-13H,7-11H2,1-2H3,(H,20,21)(H,22,23). The van der Waals surface area contributed by atoms with Crippen molar-refractivity contribution in [1.82, 2.24) is 5.32 Å². The van der Waals surface area contributed by atoms with Crippen molar-refractivity contribution in [3.63, 3.8) is 0 Å². The van der Waals surface area contributed by atoms with E-state index >= 15 is 0 Å². The van der Waals surface area contributed by atoms with E-state index in [1.165, 1.54) is 0 Å². The van der Waals surface area contributed by atoms with Crippen LogP contribution in [0.2, 0.25) is 0 Å². The molecule has 1 aliphatic rings. The minimum atomic E-state index is -0.737. The number of carbonyl (C=O) groups excluding carboxylic acids is 1. The molecule has 1 aromatic rings. The molecule has 0 radical (unpaired) electrons. The molecule has 0 bridgehead atoms. The second-order valence-corrected chi connectivity index (χ2v) is 7.82. The zero-order chi connectivity index (χ0) is 17.0. The number of halogens is 1. The highest BCUT2D eigenvalue weighted by Gasteiger charge is 2.31. The van der Waals surface area contributed by atoms with Gasteiger partial charge in [0.2, 0.25) is 5.91 Å². The third-order valence-corrected chi connectivity index (χ3v) is 5.45. The van der Waals surface area contributed by atoms with Gasteiger partial charge in [-0.05, 0) is 37.3 Å². The molecule has 4 nitrogen and oxygen atoms in total. The van der Waals surface area contributed by atoms with Crippen molar-refractivity contribution < 1.29 is 14.7 Å². The summed E-state index contributed by atoms with van der Waals surface area (Å²) >= 11 is 3.57. The van der Waals surface area contributed by atoms with E-state index in [1.807, 2.05) is 18.2 Å². The number of hydrogen-bond donors (Lipinski definition) is 2. The maximum Gasteiger partial charge on any atom is 0.306 e. The first-order chi connectivity index (χ1) is 10.8. The van der Waals surface area contributed by atoms with Crippen molar-refractivity contribution in [3.05, 3.63) is 34.3 Å². The van der Waals surface area contributed by atoms with E-state index in [4.69, 9.17) is 5.11 Å². The Hall–Kier alpha value is -1.36. The minimum absolute atomic E-state index is 0.0500. The Kier molecular flexibility index (Phi) is 5.84. The van der Waals surface area contributed by atoms with Gasteiger partial charge in [0.25, 0.3) is 0 Å². The van der Waals surface area contributed by atoms with Gasteiger partial charge in [-0.1, -0.05) is 48.0 Å². The van der Waals surface area contributed by atoms with Crippen LogP contribution in [-0.2, 0) is 15.0 Å². The molecule has 2 N–H and O–H groups in total. The van der Waals surface area contributed by atoms with Gasteiger partial charge in [0, 0.05) is 22.4 Å². The highest BCUT2D eigenvalue weighted by Crippen LogP contribution is 2.31. The van der Waals surface area contributed by atoms with Crippen LogP contribution in [-0.4, -0.2) is 23.5 Å². The van der Waals surface area contributed by atoms with Gasteiger partial charge in [-0.15, -0.1) is 0 Å². The van der Waals surface area contributed by atoms with Crippen LogP contribution >= 0.6 is 15.9 Å². The van der Waals surface area contributed by atoms with E-state index in [0.717, 1.165) is 10.0 Å². The fraction of sp³-hybridized carbons (Fsp3) is 0.556. The molecule has 23 heavy (non-hydrogen) atoms. The minimum Gasteiger partial charge on any atom is -0.481 e. The number of nitrogens with one attached hydrogen (secondary N) is 1. The molecule has 5 heteroatoms. The number of carbonyl (C=O) groups is 2. The number of benzene rings is 1. The van der Waals surface area contributed by atoms with E-state index < -0.39 is 5.97 Å². The molecule has 0 aromatic heterocycles. The van der Waals surface area contributed by atoms with Crippen LogP contribution < -0.4 is 5.32 Å². The average Bonchev–Trinajstić information content (AvgIpc) is 2.53. The first-order valence-electron chi connectivity index (χ1n) is 8.07. The third-order valence-electron chi connectivity index (χ3n) is 4.75. The van der Waals surface area contributed by atoms with Gasteiger partial charge >= 0.3 is 5.97 Å². The smallest absolute Gasteiger partial charge is 0.306 e. The second-order valence-electron chi connectivity index (χ2n) is 6.97. The lowest BCUT2D eigenvalue weighted by molar-refractivity contribution is -0.144. The van der Waals surface area contributed by atoms with E-state index in [2.05, 4.69) is 41.2 Å². The summed E-state index contributed by atoms with van der Waals surface area (Å²) in [6.07, 6.45) is 2.53. The van der Waals surface area contributed by atoms with Gasteiger partial charge in [0.15, 0.2) is 0 Å². The van der Waals surface area contributed by atoms with E-state index in [1.54, 1.807) is 0 Å². The van der Waals surface area contributed by atoms with Crippen molar-refractivity contribution in [2.45, 2.75) is 44.9 Å². The Morgan fingerprint density at radius 2 is 1.74 bits per heavy atom. The normalized spacial score (nSPS) is 21.7. The number of rotatable bonds is 5. The summed E-state index contributed by atoms with van der Waals surface area (Å²) < 4.78 is 1.04. The molecule has 0 saturated heterocycles. The van der Waals surface area contributed by atoms with Crippen molar-refractivity contribution >= 4 is 27.8 Å². The molecule has 1 aromatic carbocycles. The van der Waals surface area contributed by atoms with Gasteiger partial charge in [-0.3, -0.25) is 9.59 Å². The van der Waals surface area contributed by atoms with Gasteiger partial charge in [0.1, 0.15) is 0 Å². The molecule has 0 unspecified atom stereocenters. The predicted octanol–water partition coefficient (Wildman–Crippen LogP) is 3.73. The molecule has 1 saturated carbocycles. The van der Waals surface area contributed by atoms with Gasteiger partial charge < -0.3 is 10.4 Å². The zero-order valence-corrected chi connectivity index (χ0v) is 15.2. The molecule has 1 fully saturated rings. The quantitative estimate of drug-likeness (QED) is 0.816. The maximum absolute atomic E-state index is 12.4. The van der Waals surface area contributed by atoms with Crippen LogP contribution in [0.15, 0.2) is 28.7 Å². The summed E-state index contributed by atoms with van der Waals surface area (Å²) in [4.78, 5) is 23.3. The van der Waals surface area contributed by atoms with Crippen LogP contribution in [0.1, 0.15) is 45.1 Å². The lowest BCUT2D eigenvalue weighted by atomic mass is 9.81. The van der Waals surface area contributed by atoms with Gasteiger partial charge in [0.05, 0.1) is 5.92 Å². The molecule has 0 heterocycles. The SMILES string of the molecule is CC(C)(CNC(=O)C1CCC(C(=O)O)CC1)c1ccccc1Br. The Morgan fingerprint density at radius 1 is 1.17 bits per heavy atom. The van der Waals surface area contributed by atoms with E-state index in [0.29, 0.717) is 32.2 Å². The second kappa shape index (κ2) is 7.47. The van der Waals surface area contributed by atoms with Crippen LogP contribution in [0.3, 0.4) is 0 Å². The summed E-state index contributed by atoms with van der Waals surface area (Å²) in [7, 11) is 0. The van der Waals surface area contributed by atoms with Crippen LogP contribution in [0.4, 0.5) is 0 Å². The van der Waals surface area contributed by atoms with Crippen molar-refractivity contribution in [1.29, 1.82) is 0 Å². The lowest BCUT2D eigenvalue weighted by Crippen LogP contribution is -2.41. The Bertz CT molecular complexity index is 577. The topological polar surface area (TPSA) is 66.4 Å². The Balaban J connectivity index is 1.89. The first-order valence-corrected chi connectivity index (χ1v) is 8.86. The Morgan fingerprint density at radius 3 is 2.30 bits per heavy atom. The maximum atomic E-state index is 12.4. The monoisotopic (exact) mass is 381 g/mol. The third kappa shape index (κ3) is 4.56. The van der Waals surface area contributed by atoms with E-state index in [9.17, 15) is 9.59 Å². The highest BCUT2D eigenvalue weighted by molar-refractivity contribution is 9.10. The molecule has 126 valence electrons. The molecular formula is C18H24BrNO3. The zero-order valence-electron chi connectivity index (χ0n) is 13.6. The number of carboxylic acid groups (broad SMARTS) is 1. The van der Waals surface area contributed by atoms with Crippen molar-refractivity contribution in [2.24, 2.45) is 11.8 Å². The number of carboxylic acids is 1. The molecule has 0 atom stereocenters. The summed E-state index contributed by atoms with van der Waals surface area (Å²) in [5.41, 5.74) is 0.989. The molecule has 2 rings (SSSR count). The van der Waals surface area contributed by atoms with Gasteiger partial charge in [-0.2, -0.15) is 0 Å². The molecule has 1 aliphatic carbocycles. The van der Waals surface area contributed by atoms with Crippen LogP contribution in [0.25, 0.3) is 0 Å². The highest BCUT2D eigenvalue weighted by atomic mass is 79.9. The predicted molar refractivity (Wildman–Crippen MR) is 93.3 cm³/mol. The average molecular weight is 382 g/mol. The lowest BCUT2D eigenvalue weighted by Gasteiger charge is -2.29. The van der Waals surface area contributed by atoms with Crippen molar-refractivity contribution in [2.75, 3.05) is 6.54 Å². The summed E-state index contributed by atoms with van der Waals surface area (Å²) in [5.74, 6) is -1.02. The number of amides is 1. The summed E-state index contributed by atoms with van der Waals surface area (Å²) in [6, 6.07) is 8.04. The molecule has 1 amide bonds. The Labute approximate surface area is 145 Å². The molecule has 0 aliphatic heterocycles. The number of hydrogen-bond acceptors (Lipinski definition) is 2. The fourth-order valence-electron chi connectivity index (χ4n) is 3.16. The van der Waals surface area contributed by atoms with Crippen LogP contribution in [0.5, 0.6) is 0 Å². The number of aliphatic carboxylic acids is 1. The molecule has 0 spiro atoms. The van der Waals surface area contributed by atoms with E-state index in [-0.39, 0.29) is 23.2 Å². The summed E-state index contributed by atoms with van der Waals surface area (Å²) in [6.45, 7) is 4.77. The van der Waals surface area contributed by atoms with Crippen LogP contribution in [0, 0.1) is 11.8 Å². The largest absolute Gasteiger partial charge is 0.481 e. The van der Waals surface area contributed by atoms with Gasteiger partial charge in [-0.25, -0.2) is 0 Å². The summed E-state index contributed by atoms with van der Waals surface area (Å²) in [5, 5.41) is 12.1.